The number of rotatable bonds is 9. The Bertz CT molecular complexity index is 1100. The number of para-hydroxylation sites is 1. The summed E-state index contributed by atoms with van der Waals surface area (Å²) in [5.74, 6) is -0.114. The number of hydrogen-bond donors (Lipinski definition) is 1. The smallest absolute Gasteiger partial charge is 0.262 e. The number of hydrogen-bond acceptors (Lipinski definition) is 6. The van der Waals surface area contributed by atoms with E-state index in [2.05, 4.69) is 23.3 Å². The minimum atomic E-state index is -0.228. The highest BCUT2D eigenvalue weighted by Gasteiger charge is 2.14. The largest absolute Gasteiger partial charge is 0.316 e. The predicted octanol–water partition coefficient (Wildman–Crippen LogP) is 4.64. The van der Waals surface area contributed by atoms with Crippen LogP contribution in [-0.4, -0.2) is 21.2 Å². The molecule has 1 aromatic carbocycles. The molecule has 29 heavy (non-hydrogen) atoms. The normalized spacial score (nSPS) is 10.8. The quantitative estimate of drug-likeness (QED) is 0.306. The monoisotopic (exact) mass is 426 g/mol. The van der Waals surface area contributed by atoms with E-state index in [4.69, 9.17) is 5.26 Å². The van der Waals surface area contributed by atoms with Crippen LogP contribution in [0.25, 0.3) is 10.9 Å². The number of amides is 1. The maximum atomic E-state index is 13.0. The predicted molar refractivity (Wildman–Crippen MR) is 119 cm³/mol. The van der Waals surface area contributed by atoms with Crippen LogP contribution in [0.2, 0.25) is 0 Å². The standard InChI is InChI=1S/C21H22N4O2S2/c1-2-3-4-7-11-25-20(27)16-8-5-6-9-17(16)23-21(25)29-14-18(26)24-19-15(13-22)10-12-28-19/h5-6,8-10,12H,2-4,7,11,14H2,1H3,(H,24,26). The van der Waals surface area contributed by atoms with Gasteiger partial charge in [-0.15, -0.1) is 11.3 Å². The molecule has 2 aromatic heterocycles. The highest BCUT2D eigenvalue weighted by molar-refractivity contribution is 7.99. The lowest BCUT2D eigenvalue weighted by molar-refractivity contribution is -0.113. The van der Waals surface area contributed by atoms with Crippen LogP contribution in [-0.2, 0) is 11.3 Å². The summed E-state index contributed by atoms with van der Waals surface area (Å²) in [6.07, 6.45) is 4.20. The average Bonchev–Trinajstić information content (AvgIpc) is 3.18. The molecule has 0 spiro atoms. The molecular weight excluding hydrogens is 404 g/mol. The number of anilines is 1. The highest BCUT2D eigenvalue weighted by Crippen LogP contribution is 2.23. The zero-order chi connectivity index (χ0) is 20.6. The van der Waals surface area contributed by atoms with E-state index in [1.54, 1.807) is 22.1 Å². The molecule has 0 radical (unpaired) electrons. The van der Waals surface area contributed by atoms with E-state index >= 15 is 0 Å². The number of benzene rings is 1. The van der Waals surface area contributed by atoms with Crippen molar-refractivity contribution < 1.29 is 4.79 Å². The summed E-state index contributed by atoms with van der Waals surface area (Å²) < 4.78 is 1.68. The molecule has 0 aliphatic heterocycles. The summed E-state index contributed by atoms with van der Waals surface area (Å²) >= 11 is 2.56. The minimum Gasteiger partial charge on any atom is -0.316 e. The van der Waals surface area contributed by atoms with E-state index < -0.39 is 0 Å². The molecule has 0 saturated carbocycles. The average molecular weight is 427 g/mol. The number of nitrogens with zero attached hydrogens (tertiary/aromatic N) is 3. The highest BCUT2D eigenvalue weighted by atomic mass is 32.2. The molecule has 6 nitrogen and oxygen atoms in total. The van der Waals surface area contributed by atoms with Gasteiger partial charge in [0.1, 0.15) is 11.1 Å². The van der Waals surface area contributed by atoms with Crippen LogP contribution in [0.3, 0.4) is 0 Å². The Morgan fingerprint density at radius 2 is 2.10 bits per heavy atom. The summed E-state index contributed by atoms with van der Waals surface area (Å²) in [7, 11) is 0. The zero-order valence-electron chi connectivity index (χ0n) is 16.2. The van der Waals surface area contributed by atoms with E-state index in [9.17, 15) is 9.59 Å². The molecule has 0 atom stereocenters. The van der Waals surface area contributed by atoms with Crippen LogP contribution < -0.4 is 10.9 Å². The Hall–Kier alpha value is -2.63. The van der Waals surface area contributed by atoms with Gasteiger partial charge in [-0.05, 0) is 30.0 Å². The number of carbonyl (C=O) groups excluding carboxylic acids is 1. The number of thioether (sulfide) groups is 1. The molecular formula is C21H22N4O2S2. The SMILES string of the molecule is CCCCCCn1c(SCC(=O)Nc2sccc2C#N)nc2ccccc2c1=O. The Kier molecular flexibility index (Phi) is 7.44. The van der Waals surface area contributed by atoms with Crippen LogP contribution in [0.4, 0.5) is 5.00 Å². The van der Waals surface area contributed by atoms with Crippen molar-refractivity contribution in [1.29, 1.82) is 5.26 Å². The van der Waals surface area contributed by atoms with Gasteiger partial charge in [0.25, 0.3) is 5.56 Å². The van der Waals surface area contributed by atoms with Crippen molar-refractivity contribution in [2.75, 3.05) is 11.1 Å². The number of nitrogens with one attached hydrogen (secondary N) is 1. The number of nitriles is 1. The first-order valence-electron chi connectivity index (χ1n) is 9.54. The topological polar surface area (TPSA) is 87.8 Å². The van der Waals surface area contributed by atoms with Gasteiger partial charge in [-0.25, -0.2) is 4.98 Å². The van der Waals surface area contributed by atoms with Crippen LogP contribution in [0.5, 0.6) is 0 Å². The number of fused-ring (bicyclic) bond motifs is 1. The van der Waals surface area contributed by atoms with Crippen LogP contribution in [0, 0.1) is 11.3 Å². The molecule has 2 heterocycles. The Morgan fingerprint density at radius 3 is 2.90 bits per heavy atom. The number of unbranched alkanes of at least 4 members (excludes halogenated alkanes) is 3. The summed E-state index contributed by atoms with van der Waals surface area (Å²) in [5.41, 5.74) is 1.01. The molecule has 0 aliphatic carbocycles. The van der Waals surface area contributed by atoms with Crippen LogP contribution in [0.15, 0.2) is 45.7 Å². The van der Waals surface area contributed by atoms with Crippen molar-refractivity contribution >= 4 is 44.9 Å². The third-order valence-electron chi connectivity index (χ3n) is 4.43. The molecule has 0 aliphatic rings. The fourth-order valence-electron chi connectivity index (χ4n) is 2.94. The van der Waals surface area contributed by atoms with Gasteiger partial charge in [0.05, 0.1) is 22.2 Å². The lowest BCUT2D eigenvalue weighted by Crippen LogP contribution is -2.24. The van der Waals surface area contributed by atoms with E-state index in [0.717, 1.165) is 25.7 Å². The van der Waals surface area contributed by atoms with Crippen LogP contribution in [0.1, 0.15) is 38.2 Å². The molecule has 0 fully saturated rings. The molecule has 1 N–H and O–H groups in total. The maximum absolute atomic E-state index is 13.0. The number of aromatic nitrogens is 2. The minimum absolute atomic E-state index is 0.0694. The van der Waals surface area contributed by atoms with Gasteiger partial charge in [-0.3, -0.25) is 14.2 Å². The molecule has 0 saturated heterocycles. The number of thiophene rings is 1. The fraction of sp³-hybridized carbons (Fsp3) is 0.333. The van der Waals surface area contributed by atoms with Crippen molar-refractivity contribution in [3.63, 3.8) is 0 Å². The Labute approximate surface area is 177 Å². The molecule has 3 aromatic rings. The molecule has 1 amide bonds. The van der Waals surface area contributed by atoms with Crippen molar-refractivity contribution in [1.82, 2.24) is 9.55 Å². The maximum Gasteiger partial charge on any atom is 0.262 e. The van der Waals surface area contributed by atoms with Crippen molar-refractivity contribution in [3.8, 4) is 6.07 Å². The van der Waals surface area contributed by atoms with Gasteiger partial charge in [0.2, 0.25) is 5.91 Å². The van der Waals surface area contributed by atoms with Gasteiger partial charge in [-0.1, -0.05) is 50.1 Å². The van der Waals surface area contributed by atoms with Gasteiger partial charge in [-0.2, -0.15) is 5.26 Å². The third kappa shape index (κ3) is 5.25. The molecule has 0 bridgehead atoms. The molecule has 0 unspecified atom stereocenters. The first-order chi connectivity index (χ1) is 14.1. The first kappa shape index (κ1) is 21.1. The van der Waals surface area contributed by atoms with Gasteiger partial charge in [0.15, 0.2) is 5.16 Å². The lowest BCUT2D eigenvalue weighted by Gasteiger charge is -2.13. The first-order valence-corrected chi connectivity index (χ1v) is 11.4. The summed E-state index contributed by atoms with van der Waals surface area (Å²) in [6, 6.07) is 11.0. The van der Waals surface area contributed by atoms with Crippen molar-refractivity contribution in [3.05, 3.63) is 51.6 Å². The Morgan fingerprint density at radius 1 is 1.28 bits per heavy atom. The second-order valence-corrected chi connectivity index (χ2v) is 8.40. The van der Waals surface area contributed by atoms with Crippen molar-refractivity contribution in [2.45, 2.75) is 44.3 Å². The van der Waals surface area contributed by atoms with E-state index in [1.165, 1.54) is 23.1 Å². The lowest BCUT2D eigenvalue weighted by atomic mass is 10.2. The Balaban J connectivity index is 1.78. The van der Waals surface area contributed by atoms with Crippen molar-refractivity contribution in [2.24, 2.45) is 0 Å². The molecule has 3 rings (SSSR count). The fourth-order valence-corrected chi connectivity index (χ4v) is 4.52. The summed E-state index contributed by atoms with van der Waals surface area (Å²) in [5, 5.41) is 15.3. The van der Waals surface area contributed by atoms with Gasteiger partial charge in [0, 0.05) is 6.54 Å². The van der Waals surface area contributed by atoms with E-state index in [0.29, 0.717) is 33.2 Å². The van der Waals surface area contributed by atoms with E-state index in [-0.39, 0.29) is 17.2 Å². The zero-order valence-corrected chi connectivity index (χ0v) is 17.8. The van der Waals surface area contributed by atoms with Crippen LogP contribution >= 0.6 is 23.1 Å². The summed E-state index contributed by atoms with van der Waals surface area (Å²) in [6.45, 7) is 2.74. The second-order valence-electron chi connectivity index (χ2n) is 6.54. The van der Waals surface area contributed by atoms with Gasteiger partial charge < -0.3 is 5.32 Å². The van der Waals surface area contributed by atoms with E-state index in [1.807, 2.05) is 18.2 Å². The van der Waals surface area contributed by atoms with Gasteiger partial charge >= 0.3 is 0 Å². The molecule has 150 valence electrons. The summed E-state index contributed by atoms with van der Waals surface area (Å²) in [4.78, 5) is 30.0. The second kappa shape index (κ2) is 10.2. The number of carbonyl (C=O) groups is 1. The third-order valence-corrected chi connectivity index (χ3v) is 6.24. The molecule has 8 heteroatoms.